The predicted octanol–water partition coefficient (Wildman–Crippen LogP) is 5.68. The maximum atomic E-state index is 12.7. The standard InChI is InChI=1S/2C22H21N7O2.2ClH/c2*1-13-9-24-22(31)18-8-15-4-7-19(26-20(15)29(13)18)27-21(30)16-10-25-28(12-16)11-14-2-5-17(23)6-3-14;;/h2*2-8,10,12-13H,9,11,23H2,1H3,(H,24,31)(H,26,27,30);2*1H/t2*13-;;/m11../s1. The molecule has 6 aromatic heterocycles. The highest BCUT2D eigenvalue weighted by Gasteiger charge is 2.27. The second kappa shape index (κ2) is 18.3. The Morgan fingerprint density at radius 1 is 0.625 bits per heavy atom. The maximum absolute atomic E-state index is 12.7. The summed E-state index contributed by atoms with van der Waals surface area (Å²) in [7, 11) is 0. The number of hydrogen-bond acceptors (Lipinski definition) is 10. The van der Waals surface area contributed by atoms with Crippen LogP contribution in [0.3, 0.4) is 0 Å². The van der Waals surface area contributed by atoms with Crippen LogP contribution in [0.1, 0.15) is 78.8 Å². The second-order valence-corrected chi connectivity index (χ2v) is 15.4. The first-order valence-corrected chi connectivity index (χ1v) is 19.9. The molecule has 18 nitrogen and oxygen atoms in total. The fourth-order valence-corrected chi connectivity index (χ4v) is 7.55. The third-order valence-corrected chi connectivity index (χ3v) is 10.8. The van der Waals surface area contributed by atoms with Crippen LogP contribution >= 0.6 is 24.8 Å². The van der Waals surface area contributed by atoms with Crippen molar-refractivity contribution in [2.45, 2.75) is 39.0 Å². The molecule has 8 aromatic rings. The first-order valence-electron chi connectivity index (χ1n) is 19.9. The van der Waals surface area contributed by atoms with Gasteiger partial charge in [-0.15, -0.1) is 24.8 Å². The van der Waals surface area contributed by atoms with Crippen molar-refractivity contribution in [2.75, 3.05) is 35.2 Å². The highest BCUT2D eigenvalue weighted by atomic mass is 35.5. The molecule has 2 aliphatic rings. The van der Waals surface area contributed by atoms with E-state index in [9.17, 15) is 19.2 Å². The topological polar surface area (TPSA) is 240 Å². The Balaban J connectivity index is 0.000000186. The molecule has 2 aromatic carbocycles. The lowest BCUT2D eigenvalue weighted by Crippen LogP contribution is -2.37. The molecule has 328 valence electrons. The molecule has 10 rings (SSSR count). The van der Waals surface area contributed by atoms with Gasteiger partial charge in [0.05, 0.1) is 48.7 Å². The fraction of sp³-hybridized carbons (Fsp3) is 0.182. The minimum atomic E-state index is -0.299. The Morgan fingerprint density at radius 3 is 1.41 bits per heavy atom. The third-order valence-electron chi connectivity index (χ3n) is 10.8. The number of hydrogen-bond donors (Lipinski definition) is 6. The van der Waals surface area contributed by atoms with Gasteiger partial charge in [-0.25, -0.2) is 9.97 Å². The van der Waals surface area contributed by atoms with E-state index in [1.807, 2.05) is 95.8 Å². The number of amides is 4. The number of aromatic nitrogens is 8. The number of halogens is 2. The molecule has 0 radical (unpaired) electrons. The van der Waals surface area contributed by atoms with Gasteiger partial charge in [-0.1, -0.05) is 24.3 Å². The zero-order valence-corrected chi connectivity index (χ0v) is 36.2. The van der Waals surface area contributed by atoms with Crippen LogP contribution in [0.15, 0.2) is 110 Å². The van der Waals surface area contributed by atoms with Crippen molar-refractivity contribution >= 4 is 93.5 Å². The number of nitrogens with two attached hydrogens (primary N) is 2. The summed E-state index contributed by atoms with van der Waals surface area (Å²) in [5.74, 6) is 0.00869. The molecule has 0 saturated heterocycles. The van der Waals surface area contributed by atoms with Gasteiger partial charge in [0, 0.05) is 47.6 Å². The van der Waals surface area contributed by atoms with E-state index in [1.54, 1.807) is 33.9 Å². The SMILES string of the molecule is C[C@@H]1CNC(=O)c2cc3ccc(NC(=O)c4cnn(Cc5ccc(N)cc5)c4)nc3n21.C[C@@H]1CNC(=O)c2cc3ccc(NC(=O)c4cnn(Cc5ccc(N)cc5)c4)nc3n21.Cl.Cl. The van der Waals surface area contributed by atoms with E-state index in [1.165, 1.54) is 12.4 Å². The molecular formula is C44H44Cl2N14O4. The lowest BCUT2D eigenvalue weighted by Gasteiger charge is -2.23. The fourth-order valence-electron chi connectivity index (χ4n) is 7.55. The molecule has 8 heterocycles. The number of nitrogens with one attached hydrogen (secondary N) is 4. The molecule has 4 amide bonds. The number of benzene rings is 2. The smallest absolute Gasteiger partial charge is 0.268 e. The largest absolute Gasteiger partial charge is 0.399 e. The van der Waals surface area contributed by atoms with Gasteiger partial charge in [-0.05, 0) is 85.6 Å². The van der Waals surface area contributed by atoms with E-state index in [0.29, 0.717) is 83.0 Å². The van der Waals surface area contributed by atoms with Gasteiger partial charge >= 0.3 is 0 Å². The van der Waals surface area contributed by atoms with Crippen molar-refractivity contribution in [3.63, 3.8) is 0 Å². The Labute approximate surface area is 378 Å². The van der Waals surface area contributed by atoms with Gasteiger partial charge in [0.15, 0.2) is 0 Å². The third kappa shape index (κ3) is 9.09. The van der Waals surface area contributed by atoms with Crippen LogP contribution in [0.2, 0.25) is 0 Å². The molecule has 2 atom stereocenters. The van der Waals surface area contributed by atoms with Gasteiger partial charge in [0.1, 0.15) is 34.3 Å². The summed E-state index contributed by atoms with van der Waals surface area (Å²) < 4.78 is 7.21. The summed E-state index contributed by atoms with van der Waals surface area (Å²) in [5, 5.41) is 21.6. The predicted molar refractivity (Wildman–Crippen MR) is 248 cm³/mol. The summed E-state index contributed by atoms with van der Waals surface area (Å²) in [5.41, 5.74) is 18.3. The van der Waals surface area contributed by atoms with Crippen LogP contribution in [-0.2, 0) is 13.1 Å². The van der Waals surface area contributed by atoms with E-state index in [0.717, 1.165) is 21.9 Å². The lowest BCUT2D eigenvalue weighted by atomic mass is 10.2. The summed E-state index contributed by atoms with van der Waals surface area (Å²) in [4.78, 5) is 58.9. The quantitative estimate of drug-likeness (QED) is 0.102. The Bertz CT molecular complexity index is 2820. The Kier molecular flexibility index (Phi) is 12.7. The molecule has 0 bridgehead atoms. The zero-order chi connectivity index (χ0) is 43.1. The van der Waals surface area contributed by atoms with E-state index in [-0.39, 0.29) is 60.5 Å². The molecule has 0 aliphatic carbocycles. The van der Waals surface area contributed by atoms with E-state index < -0.39 is 0 Å². The molecule has 0 saturated carbocycles. The molecule has 0 spiro atoms. The summed E-state index contributed by atoms with van der Waals surface area (Å²) >= 11 is 0. The molecule has 2 aliphatic heterocycles. The molecule has 64 heavy (non-hydrogen) atoms. The summed E-state index contributed by atoms with van der Waals surface area (Å²) in [6.45, 7) is 6.19. The number of carbonyl (C=O) groups is 4. The monoisotopic (exact) mass is 902 g/mol. The van der Waals surface area contributed by atoms with Crippen molar-refractivity contribution in [2.24, 2.45) is 0 Å². The highest BCUT2D eigenvalue weighted by Crippen LogP contribution is 2.28. The number of pyridine rings is 2. The van der Waals surface area contributed by atoms with Crippen molar-refractivity contribution in [1.82, 2.24) is 49.3 Å². The lowest BCUT2D eigenvalue weighted by molar-refractivity contribution is 0.0911. The molecule has 0 fully saturated rings. The van der Waals surface area contributed by atoms with Crippen molar-refractivity contribution < 1.29 is 19.2 Å². The number of fused-ring (bicyclic) bond motifs is 6. The van der Waals surface area contributed by atoms with E-state index >= 15 is 0 Å². The number of anilines is 4. The van der Waals surface area contributed by atoms with Gasteiger partial charge in [0.25, 0.3) is 23.6 Å². The highest BCUT2D eigenvalue weighted by molar-refractivity contribution is 6.05. The number of nitrogens with zero attached hydrogens (tertiary/aromatic N) is 8. The number of nitrogen functional groups attached to an aromatic ring is 2. The molecule has 0 unspecified atom stereocenters. The average molecular weight is 904 g/mol. The van der Waals surface area contributed by atoms with E-state index in [4.69, 9.17) is 11.5 Å². The van der Waals surface area contributed by atoms with Crippen molar-refractivity contribution in [1.29, 1.82) is 0 Å². The van der Waals surface area contributed by atoms with Crippen LogP contribution in [0, 0.1) is 0 Å². The minimum absolute atomic E-state index is 0. The van der Waals surface area contributed by atoms with Crippen LogP contribution in [0.5, 0.6) is 0 Å². The average Bonchev–Trinajstić information content (AvgIpc) is 4.08. The molecular weight excluding hydrogens is 859 g/mol. The van der Waals surface area contributed by atoms with Crippen molar-refractivity contribution in [3.05, 3.63) is 143 Å². The maximum Gasteiger partial charge on any atom is 0.268 e. The van der Waals surface area contributed by atoms with Crippen LogP contribution in [-0.4, -0.2) is 75.4 Å². The normalized spacial score (nSPS) is 15.0. The van der Waals surface area contributed by atoms with Gasteiger partial charge in [-0.2, -0.15) is 10.2 Å². The first kappa shape index (κ1) is 44.4. The van der Waals surface area contributed by atoms with Crippen LogP contribution in [0.25, 0.3) is 22.1 Å². The second-order valence-electron chi connectivity index (χ2n) is 15.4. The van der Waals surface area contributed by atoms with Crippen LogP contribution < -0.4 is 32.7 Å². The first-order chi connectivity index (χ1) is 29.9. The number of carbonyl (C=O) groups excluding carboxylic acids is 4. The van der Waals surface area contributed by atoms with Crippen molar-refractivity contribution in [3.8, 4) is 0 Å². The minimum Gasteiger partial charge on any atom is -0.399 e. The van der Waals surface area contributed by atoms with Gasteiger partial charge < -0.3 is 41.9 Å². The summed E-state index contributed by atoms with van der Waals surface area (Å²) in [6.07, 6.45) is 6.43. The Morgan fingerprint density at radius 2 is 1.02 bits per heavy atom. The van der Waals surface area contributed by atoms with Crippen LogP contribution in [0.4, 0.5) is 23.0 Å². The zero-order valence-electron chi connectivity index (χ0n) is 34.6. The van der Waals surface area contributed by atoms with Gasteiger partial charge in [-0.3, -0.25) is 28.5 Å². The number of rotatable bonds is 8. The van der Waals surface area contributed by atoms with Gasteiger partial charge in [0.2, 0.25) is 0 Å². The Hall–Kier alpha value is -7.70. The molecule has 8 N–H and O–H groups in total. The van der Waals surface area contributed by atoms with E-state index in [2.05, 4.69) is 41.4 Å². The summed E-state index contributed by atoms with van der Waals surface area (Å²) in [6, 6.07) is 26.0. The molecule has 20 heteroatoms.